The van der Waals surface area contributed by atoms with E-state index in [1.165, 1.54) is 0 Å². The molecule has 2 atom stereocenters. The molecule has 0 aromatic rings. The SMILES string of the molecule is CC(C)(C)OC(=O)NC1CCCCC1O.O=CO. The highest BCUT2D eigenvalue weighted by Gasteiger charge is 2.26. The van der Waals surface area contributed by atoms with Gasteiger partial charge in [0.2, 0.25) is 0 Å². The highest BCUT2D eigenvalue weighted by molar-refractivity contribution is 5.68. The summed E-state index contributed by atoms with van der Waals surface area (Å²) >= 11 is 0. The third-order valence-corrected chi connectivity index (χ3v) is 2.43. The van der Waals surface area contributed by atoms with Crippen molar-refractivity contribution < 1.29 is 24.5 Å². The summed E-state index contributed by atoms with van der Waals surface area (Å²) in [7, 11) is 0. The second-order valence-electron chi connectivity index (χ2n) is 5.21. The van der Waals surface area contributed by atoms with Crippen LogP contribution in [0.4, 0.5) is 4.79 Å². The number of rotatable bonds is 1. The number of hydrogen-bond donors (Lipinski definition) is 3. The topological polar surface area (TPSA) is 95.9 Å². The van der Waals surface area contributed by atoms with Crippen molar-refractivity contribution in [2.75, 3.05) is 0 Å². The summed E-state index contributed by atoms with van der Waals surface area (Å²) in [6.07, 6.45) is 2.83. The van der Waals surface area contributed by atoms with Gasteiger partial charge in [-0.3, -0.25) is 4.79 Å². The Morgan fingerprint density at radius 1 is 1.33 bits per heavy atom. The van der Waals surface area contributed by atoms with Crippen LogP contribution in [0.15, 0.2) is 0 Å². The molecule has 2 unspecified atom stereocenters. The molecule has 6 nitrogen and oxygen atoms in total. The molecule has 0 aromatic carbocycles. The van der Waals surface area contributed by atoms with Gasteiger partial charge in [0, 0.05) is 0 Å². The van der Waals surface area contributed by atoms with Crippen molar-refractivity contribution in [1.29, 1.82) is 0 Å². The number of ether oxygens (including phenoxy) is 1. The van der Waals surface area contributed by atoms with E-state index in [2.05, 4.69) is 5.32 Å². The molecule has 0 bridgehead atoms. The molecule has 1 rings (SSSR count). The summed E-state index contributed by atoms with van der Waals surface area (Å²) < 4.78 is 5.13. The lowest BCUT2D eigenvalue weighted by Crippen LogP contribution is -2.46. The Hall–Kier alpha value is -1.30. The number of aliphatic hydroxyl groups excluding tert-OH is 1. The molecule has 0 aliphatic heterocycles. The van der Waals surface area contributed by atoms with Gasteiger partial charge in [-0.05, 0) is 33.6 Å². The van der Waals surface area contributed by atoms with Gasteiger partial charge >= 0.3 is 6.09 Å². The summed E-state index contributed by atoms with van der Waals surface area (Å²) in [5.41, 5.74) is -0.482. The second-order valence-corrected chi connectivity index (χ2v) is 5.21. The lowest BCUT2D eigenvalue weighted by molar-refractivity contribution is -0.122. The number of aliphatic hydroxyl groups is 1. The molecule has 1 aliphatic rings. The predicted octanol–water partition coefficient (Wildman–Crippen LogP) is 1.52. The Balaban J connectivity index is 0.000000873. The van der Waals surface area contributed by atoms with Gasteiger partial charge in [0.05, 0.1) is 12.1 Å². The quantitative estimate of drug-likeness (QED) is 0.622. The number of carboxylic acid groups (broad SMARTS) is 1. The van der Waals surface area contributed by atoms with Crippen LogP contribution in [0.2, 0.25) is 0 Å². The molecule has 106 valence electrons. The third-order valence-electron chi connectivity index (χ3n) is 2.43. The van der Waals surface area contributed by atoms with E-state index in [9.17, 15) is 9.90 Å². The summed E-state index contributed by atoms with van der Waals surface area (Å²) in [6, 6.07) is -0.145. The lowest BCUT2D eigenvalue weighted by atomic mass is 9.93. The Kier molecular flexibility index (Phi) is 7.35. The molecule has 1 amide bonds. The number of amides is 1. The number of hydrogen-bond acceptors (Lipinski definition) is 4. The fourth-order valence-corrected chi connectivity index (χ4v) is 1.74. The molecular weight excluding hydrogens is 238 g/mol. The van der Waals surface area contributed by atoms with E-state index in [0.717, 1.165) is 25.7 Å². The summed E-state index contributed by atoms with van der Waals surface area (Å²) in [5, 5.41) is 19.2. The zero-order valence-corrected chi connectivity index (χ0v) is 11.2. The average Bonchev–Trinajstić information content (AvgIpc) is 2.20. The molecule has 3 N–H and O–H groups in total. The Morgan fingerprint density at radius 3 is 2.28 bits per heavy atom. The van der Waals surface area contributed by atoms with E-state index in [1.807, 2.05) is 20.8 Å². The molecular formula is C12H23NO5. The largest absolute Gasteiger partial charge is 0.483 e. The maximum absolute atomic E-state index is 11.4. The van der Waals surface area contributed by atoms with Crippen molar-refractivity contribution in [3.8, 4) is 0 Å². The number of nitrogens with one attached hydrogen (secondary N) is 1. The minimum absolute atomic E-state index is 0.145. The van der Waals surface area contributed by atoms with E-state index in [1.54, 1.807) is 0 Å². The van der Waals surface area contributed by atoms with Crippen LogP contribution in [-0.4, -0.2) is 40.5 Å². The first-order valence-corrected chi connectivity index (χ1v) is 6.05. The van der Waals surface area contributed by atoms with E-state index in [4.69, 9.17) is 14.6 Å². The highest BCUT2D eigenvalue weighted by atomic mass is 16.6. The lowest BCUT2D eigenvalue weighted by Gasteiger charge is -2.29. The van der Waals surface area contributed by atoms with Crippen molar-refractivity contribution in [1.82, 2.24) is 5.32 Å². The Labute approximate surface area is 107 Å². The number of carbonyl (C=O) groups excluding carboxylic acids is 1. The van der Waals surface area contributed by atoms with Crippen LogP contribution in [0, 0.1) is 0 Å². The molecule has 0 spiro atoms. The predicted molar refractivity (Wildman–Crippen MR) is 66.3 cm³/mol. The Morgan fingerprint density at radius 2 is 1.83 bits per heavy atom. The normalized spacial score (nSPS) is 23.3. The first kappa shape index (κ1) is 16.7. The van der Waals surface area contributed by atoms with Gasteiger partial charge in [-0.2, -0.15) is 0 Å². The second kappa shape index (κ2) is 7.92. The van der Waals surface area contributed by atoms with Crippen molar-refractivity contribution in [3.05, 3.63) is 0 Å². The molecule has 1 fully saturated rings. The minimum Gasteiger partial charge on any atom is -0.483 e. The minimum atomic E-state index is -0.482. The van der Waals surface area contributed by atoms with E-state index < -0.39 is 17.8 Å². The monoisotopic (exact) mass is 261 g/mol. The van der Waals surface area contributed by atoms with Crippen LogP contribution in [0.1, 0.15) is 46.5 Å². The van der Waals surface area contributed by atoms with Gasteiger partial charge in [0.1, 0.15) is 5.60 Å². The molecule has 6 heteroatoms. The van der Waals surface area contributed by atoms with Gasteiger partial charge in [-0.1, -0.05) is 12.8 Å². The zero-order valence-electron chi connectivity index (χ0n) is 11.2. The first-order chi connectivity index (χ1) is 8.30. The van der Waals surface area contributed by atoms with Gasteiger partial charge in [0.25, 0.3) is 6.47 Å². The van der Waals surface area contributed by atoms with Crippen LogP contribution < -0.4 is 5.32 Å². The van der Waals surface area contributed by atoms with E-state index in [0.29, 0.717) is 0 Å². The molecule has 0 heterocycles. The van der Waals surface area contributed by atoms with Crippen LogP contribution >= 0.6 is 0 Å². The summed E-state index contributed by atoms with van der Waals surface area (Å²) in [4.78, 5) is 19.8. The standard InChI is InChI=1S/C11H21NO3.CH2O2/c1-11(2,3)15-10(14)12-8-6-4-5-7-9(8)13;2-1-3/h8-9,13H,4-7H2,1-3H3,(H,12,14);1H,(H,2,3). The van der Waals surface area contributed by atoms with Gasteiger partial charge in [-0.15, -0.1) is 0 Å². The van der Waals surface area contributed by atoms with Crippen molar-refractivity contribution >= 4 is 12.6 Å². The summed E-state index contributed by atoms with van der Waals surface area (Å²) in [6.45, 7) is 5.22. The molecule has 1 saturated carbocycles. The van der Waals surface area contributed by atoms with Gasteiger partial charge in [0.15, 0.2) is 0 Å². The van der Waals surface area contributed by atoms with E-state index in [-0.39, 0.29) is 12.5 Å². The summed E-state index contributed by atoms with van der Waals surface area (Å²) in [5.74, 6) is 0. The number of carbonyl (C=O) groups is 2. The fourth-order valence-electron chi connectivity index (χ4n) is 1.74. The third kappa shape index (κ3) is 7.89. The highest BCUT2D eigenvalue weighted by Crippen LogP contribution is 2.18. The molecule has 0 aromatic heterocycles. The van der Waals surface area contributed by atoms with Crippen molar-refractivity contribution in [2.45, 2.75) is 64.2 Å². The Bertz CT molecular complexity index is 262. The average molecular weight is 261 g/mol. The van der Waals surface area contributed by atoms with Crippen LogP contribution in [0.25, 0.3) is 0 Å². The first-order valence-electron chi connectivity index (χ1n) is 6.05. The van der Waals surface area contributed by atoms with Crippen LogP contribution in [-0.2, 0) is 9.53 Å². The fraction of sp³-hybridized carbons (Fsp3) is 0.833. The molecule has 18 heavy (non-hydrogen) atoms. The van der Waals surface area contributed by atoms with Crippen LogP contribution in [0.5, 0.6) is 0 Å². The molecule has 0 radical (unpaired) electrons. The van der Waals surface area contributed by atoms with Gasteiger partial charge in [-0.25, -0.2) is 4.79 Å². The molecule has 1 aliphatic carbocycles. The zero-order chi connectivity index (χ0) is 14.2. The van der Waals surface area contributed by atoms with Gasteiger partial charge < -0.3 is 20.3 Å². The van der Waals surface area contributed by atoms with Crippen molar-refractivity contribution in [3.63, 3.8) is 0 Å². The maximum Gasteiger partial charge on any atom is 0.407 e. The molecule has 0 saturated heterocycles. The maximum atomic E-state index is 11.4. The number of alkyl carbamates (subject to hydrolysis) is 1. The smallest absolute Gasteiger partial charge is 0.407 e. The van der Waals surface area contributed by atoms with Crippen molar-refractivity contribution in [2.24, 2.45) is 0 Å². The van der Waals surface area contributed by atoms with E-state index >= 15 is 0 Å². The van der Waals surface area contributed by atoms with Crippen LogP contribution in [0.3, 0.4) is 0 Å².